The average Bonchev–Trinajstić information content (AvgIpc) is 2.44. The Hall–Kier alpha value is -1.52. The summed E-state index contributed by atoms with van der Waals surface area (Å²) < 4.78 is 0. The molecule has 5 heteroatoms. The predicted molar refractivity (Wildman–Crippen MR) is 48.1 cm³/mol. The van der Waals surface area contributed by atoms with Gasteiger partial charge in [-0.1, -0.05) is 0 Å². The van der Waals surface area contributed by atoms with Crippen LogP contribution in [0.2, 0.25) is 0 Å². The van der Waals surface area contributed by atoms with Crippen LogP contribution in [0.4, 0.5) is 5.82 Å². The summed E-state index contributed by atoms with van der Waals surface area (Å²) in [5.41, 5.74) is 5.81. The lowest BCUT2D eigenvalue weighted by atomic mass is 9.93. The molecule has 1 aliphatic rings. The summed E-state index contributed by atoms with van der Waals surface area (Å²) in [5.74, 6) is 0.229. The first-order valence-corrected chi connectivity index (χ1v) is 4.37. The molecule has 0 radical (unpaired) electrons. The van der Waals surface area contributed by atoms with Crippen LogP contribution in [-0.4, -0.2) is 22.1 Å². The molecular weight excluding hydrogens is 168 g/mol. The van der Waals surface area contributed by atoms with Gasteiger partial charge in [-0.25, -0.2) is 0 Å². The van der Waals surface area contributed by atoms with Gasteiger partial charge in [0.05, 0.1) is 0 Å². The van der Waals surface area contributed by atoms with E-state index in [1.165, 1.54) is 12.5 Å². The van der Waals surface area contributed by atoms with Gasteiger partial charge in [0.25, 0.3) is 5.91 Å². The highest BCUT2D eigenvalue weighted by atomic mass is 16.2. The molecule has 1 heterocycles. The zero-order valence-electron chi connectivity index (χ0n) is 7.21. The summed E-state index contributed by atoms with van der Waals surface area (Å²) in [6.45, 7) is 0. The maximum Gasteiger partial charge on any atom is 0.269 e. The van der Waals surface area contributed by atoms with E-state index in [-0.39, 0.29) is 5.91 Å². The molecule has 0 saturated heterocycles. The number of hydrogen-bond donors (Lipinski definition) is 3. The van der Waals surface area contributed by atoms with Gasteiger partial charge < -0.3 is 11.1 Å². The fraction of sp³-hybridized carbons (Fsp3) is 0.500. The van der Waals surface area contributed by atoms with E-state index in [1.54, 1.807) is 0 Å². The standard InChI is InChI=1S/C8H12N4O/c9-7-4-6(11-12-7)8(13)10-5-2-1-3-5/h4-5H,1-3H2,(H,10,13)(H3,9,11,12). The SMILES string of the molecule is Nc1cc(C(=O)NC2CCC2)[nH]n1. The van der Waals surface area contributed by atoms with Gasteiger partial charge in [-0.3, -0.25) is 9.89 Å². The van der Waals surface area contributed by atoms with E-state index in [0.717, 1.165) is 12.8 Å². The van der Waals surface area contributed by atoms with Crippen molar-refractivity contribution in [2.75, 3.05) is 5.73 Å². The third-order valence-corrected chi connectivity index (χ3v) is 2.28. The lowest BCUT2D eigenvalue weighted by molar-refractivity contribution is 0.0912. The van der Waals surface area contributed by atoms with Gasteiger partial charge >= 0.3 is 0 Å². The minimum Gasteiger partial charge on any atom is -0.382 e. The van der Waals surface area contributed by atoms with E-state index in [1.807, 2.05) is 0 Å². The number of H-pyrrole nitrogens is 1. The van der Waals surface area contributed by atoms with E-state index >= 15 is 0 Å². The quantitative estimate of drug-likeness (QED) is 0.611. The lowest BCUT2D eigenvalue weighted by Gasteiger charge is -2.25. The van der Waals surface area contributed by atoms with E-state index in [2.05, 4.69) is 15.5 Å². The van der Waals surface area contributed by atoms with Crippen molar-refractivity contribution in [2.24, 2.45) is 0 Å². The topological polar surface area (TPSA) is 83.8 Å². The van der Waals surface area contributed by atoms with Gasteiger partial charge in [0, 0.05) is 12.1 Å². The molecule has 70 valence electrons. The van der Waals surface area contributed by atoms with Crippen LogP contribution in [0, 0.1) is 0 Å². The van der Waals surface area contributed by atoms with E-state index < -0.39 is 0 Å². The van der Waals surface area contributed by atoms with Crippen LogP contribution >= 0.6 is 0 Å². The largest absolute Gasteiger partial charge is 0.382 e. The van der Waals surface area contributed by atoms with Crippen molar-refractivity contribution in [1.82, 2.24) is 15.5 Å². The number of nitrogens with two attached hydrogens (primary N) is 1. The monoisotopic (exact) mass is 180 g/mol. The number of carbonyl (C=O) groups is 1. The summed E-state index contributed by atoms with van der Waals surface area (Å²) in [6.07, 6.45) is 3.36. The smallest absolute Gasteiger partial charge is 0.269 e. The highest BCUT2D eigenvalue weighted by Gasteiger charge is 2.20. The highest BCUT2D eigenvalue weighted by molar-refractivity contribution is 5.93. The molecule has 0 spiro atoms. The fourth-order valence-electron chi connectivity index (χ4n) is 1.27. The Bertz CT molecular complexity index is 316. The molecule has 1 aromatic rings. The van der Waals surface area contributed by atoms with E-state index in [4.69, 9.17) is 5.73 Å². The molecule has 0 unspecified atom stereocenters. The van der Waals surface area contributed by atoms with E-state index in [9.17, 15) is 4.79 Å². The molecule has 2 rings (SSSR count). The summed E-state index contributed by atoms with van der Waals surface area (Å²) in [7, 11) is 0. The molecule has 5 nitrogen and oxygen atoms in total. The van der Waals surface area contributed by atoms with Crippen LogP contribution in [0.25, 0.3) is 0 Å². The molecule has 0 atom stereocenters. The van der Waals surface area contributed by atoms with Crippen LogP contribution in [-0.2, 0) is 0 Å². The van der Waals surface area contributed by atoms with Gasteiger partial charge in [0.2, 0.25) is 0 Å². The maximum atomic E-state index is 11.4. The number of nitrogens with zero attached hydrogens (tertiary/aromatic N) is 1. The molecule has 1 aliphatic carbocycles. The van der Waals surface area contributed by atoms with Crippen LogP contribution in [0.15, 0.2) is 6.07 Å². The Balaban J connectivity index is 1.96. The number of amides is 1. The summed E-state index contributed by atoms with van der Waals surface area (Å²) in [6, 6.07) is 1.88. The van der Waals surface area contributed by atoms with Crippen molar-refractivity contribution in [3.05, 3.63) is 11.8 Å². The van der Waals surface area contributed by atoms with Crippen molar-refractivity contribution in [3.63, 3.8) is 0 Å². The molecule has 1 amide bonds. The predicted octanol–water partition coefficient (Wildman–Crippen LogP) is 0.274. The molecule has 1 saturated carbocycles. The van der Waals surface area contributed by atoms with Gasteiger partial charge in [0.15, 0.2) is 0 Å². The number of nitrogen functional groups attached to an aromatic ring is 1. The number of rotatable bonds is 2. The Kier molecular flexibility index (Phi) is 1.92. The molecular formula is C8H12N4O. The third-order valence-electron chi connectivity index (χ3n) is 2.28. The first kappa shape index (κ1) is 8.10. The summed E-state index contributed by atoms with van der Waals surface area (Å²) in [4.78, 5) is 11.4. The van der Waals surface area contributed by atoms with Crippen LogP contribution in [0.1, 0.15) is 29.8 Å². The fourth-order valence-corrected chi connectivity index (χ4v) is 1.27. The van der Waals surface area contributed by atoms with Gasteiger partial charge in [0.1, 0.15) is 11.5 Å². The minimum atomic E-state index is -0.117. The Morgan fingerprint density at radius 3 is 2.92 bits per heavy atom. The number of nitrogens with one attached hydrogen (secondary N) is 2. The second-order valence-corrected chi connectivity index (χ2v) is 3.31. The van der Waals surface area contributed by atoms with Crippen molar-refractivity contribution in [3.8, 4) is 0 Å². The normalized spacial score (nSPS) is 16.6. The molecule has 1 aromatic heterocycles. The highest BCUT2D eigenvalue weighted by Crippen LogP contribution is 2.18. The van der Waals surface area contributed by atoms with Crippen molar-refractivity contribution >= 4 is 11.7 Å². The molecule has 4 N–H and O–H groups in total. The number of anilines is 1. The molecule has 0 bridgehead atoms. The summed E-state index contributed by atoms with van der Waals surface area (Å²) >= 11 is 0. The maximum absolute atomic E-state index is 11.4. The first-order valence-electron chi connectivity index (χ1n) is 4.37. The zero-order chi connectivity index (χ0) is 9.26. The number of hydrogen-bond acceptors (Lipinski definition) is 3. The van der Waals surface area contributed by atoms with Gasteiger partial charge in [-0.2, -0.15) is 5.10 Å². The average molecular weight is 180 g/mol. The van der Waals surface area contributed by atoms with Crippen LogP contribution < -0.4 is 11.1 Å². The molecule has 1 fully saturated rings. The lowest BCUT2D eigenvalue weighted by Crippen LogP contribution is -2.39. The Morgan fingerprint density at radius 2 is 2.46 bits per heavy atom. The minimum absolute atomic E-state index is 0.117. The second-order valence-electron chi connectivity index (χ2n) is 3.31. The van der Waals surface area contributed by atoms with Crippen molar-refractivity contribution < 1.29 is 4.79 Å². The number of aromatic nitrogens is 2. The van der Waals surface area contributed by atoms with Crippen LogP contribution in [0.5, 0.6) is 0 Å². The van der Waals surface area contributed by atoms with Gasteiger partial charge in [-0.15, -0.1) is 0 Å². The number of aromatic amines is 1. The Morgan fingerprint density at radius 1 is 1.69 bits per heavy atom. The number of carbonyl (C=O) groups excluding carboxylic acids is 1. The van der Waals surface area contributed by atoms with E-state index in [0.29, 0.717) is 17.6 Å². The molecule has 0 aliphatic heterocycles. The molecule has 13 heavy (non-hydrogen) atoms. The second kappa shape index (κ2) is 3.08. The Labute approximate surface area is 75.7 Å². The molecule has 0 aromatic carbocycles. The first-order chi connectivity index (χ1) is 6.25. The van der Waals surface area contributed by atoms with Gasteiger partial charge in [-0.05, 0) is 19.3 Å². The third kappa shape index (κ3) is 1.63. The van der Waals surface area contributed by atoms with Crippen molar-refractivity contribution in [2.45, 2.75) is 25.3 Å². The van der Waals surface area contributed by atoms with Crippen LogP contribution in [0.3, 0.4) is 0 Å². The van der Waals surface area contributed by atoms with Crippen molar-refractivity contribution in [1.29, 1.82) is 0 Å². The zero-order valence-corrected chi connectivity index (χ0v) is 7.21. The summed E-state index contributed by atoms with van der Waals surface area (Å²) in [5, 5.41) is 9.13.